The lowest BCUT2D eigenvalue weighted by Crippen LogP contribution is -2.15. The number of nitrogens with zero attached hydrogens (tertiary/aromatic N) is 5. The standard InChI is InChI=1S/C33H38N6O3S/c1-6-8-14-32-34-30(29-18-15-22(3)35-36-29)21-39(32)20-25-16-17-27(26(19-25)11-7-2)28-12-9-10-13-31(28)43(40,41)38-33-23(4)24(5)42-37-33/h9-10,12-13,15-19,21H,6-8,11,14,20H2,1-5H3,(H,37,38). The first-order chi connectivity index (χ1) is 20.7. The summed E-state index contributed by atoms with van der Waals surface area (Å²) in [5.74, 6) is 1.79. The van der Waals surface area contributed by atoms with Crippen LogP contribution in [0.1, 0.15) is 67.1 Å². The van der Waals surface area contributed by atoms with Gasteiger partial charge in [0.2, 0.25) is 0 Å². The number of nitrogens with one attached hydrogen (secondary N) is 1. The van der Waals surface area contributed by atoms with Gasteiger partial charge in [-0.25, -0.2) is 13.4 Å². The van der Waals surface area contributed by atoms with Crippen LogP contribution in [-0.2, 0) is 29.4 Å². The molecule has 2 aromatic carbocycles. The van der Waals surface area contributed by atoms with Crippen LogP contribution in [0.2, 0.25) is 0 Å². The van der Waals surface area contributed by atoms with Crippen LogP contribution in [0.25, 0.3) is 22.5 Å². The molecule has 224 valence electrons. The van der Waals surface area contributed by atoms with E-state index in [0.717, 1.165) is 71.7 Å². The molecule has 10 heteroatoms. The summed E-state index contributed by atoms with van der Waals surface area (Å²) in [6, 6.07) is 17.3. The van der Waals surface area contributed by atoms with Crippen molar-refractivity contribution < 1.29 is 12.9 Å². The summed E-state index contributed by atoms with van der Waals surface area (Å²) in [5.41, 5.74) is 6.85. The molecule has 0 unspecified atom stereocenters. The molecule has 0 fully saturated rings. The van der Waals surface area contributed by atoms with Crippen molar-refractivity contribution in [2.24, 2.45) is 0 Å². The number of aryl methyl sites for hydroxylation is 4. The Bertz CT molecular complexity index is 1820. The highest BCUT2D eigenvalue weighted by atomic mass is 32.2. The number of hydrogen-bond acceptors (Lipinski definition) is 7. The summed E-state index contributed by atoms with van der Waals surface area (Å²) < 4.78 is 37.2. The first-order valence-electron chi connectivity index (χ1n) is 14.7. The lowest BCUT2D eigenvalue weighted by molar-refractivity contribution is 0.399. The Balaban J connectivity index is 1.50. The van der Waals surface area contributed by atoms with Crippen molar-refractivity contribution >= 4 is 15.8 Å². The third kappa shape index (κ3) is 6.69. The molecule has 0 aliphatic rings. The fraction of sp³-hybridized carbons (Fsp3) is 0.333. The molecule has 5 aromatic rings. The summed E-state index contributed by atoms with van der Waals surface area (Å²) in [6.45, 7) is 10.4. The van der Waals surface area contributed by atoms with Gasteiger partial charge in [-0.05, 0) is 68.5 Å². The number of anilines is 1. The van der Waals surface area contributed by atoms with E-state index in [1.807, 2.05) is 37.3 Å². The molecule has 0 atom stereocenters. The zero-order chi connectivity index (χ0) is 30.6. The van der Waals surface area contributed by atoms with Gasteiger partial charge in [0.05, 0.1) is 10.6 Å². The molecule has 0 radical (unpaired) electrons. The molecule has 3 aromatic heterocycles. The maximum absolute atomic E-state index is 13.6. The Morgan fingerprint density at radius 1 is 0.884 bits per heavy atom. The van der Waals surface area contributed by atoms with Crippen molar-refractivity contribution in [3.05, 3.63) is 94.8 Å². The van der Waals surface area contributed by atoms with Gasteiger partial charge in [-0.2, -0.15) is 5.10 Å². The molecular formula is C33H38N6O3S. The lowest BCUT2D eigenvalue weighted by atomic mass is 9.94. The number of hydrogen-bond donors (Lipinski definition) is 1. The van der Waals surface area contributed by atoms with Crippen molar-refractivity contribution in [3.63, 3.8) is 0 Å². The minimum absolute atomic E-state index is 0.195. The smallest absolute Gasteiger partial charge is 0.263 e. The summed E-state index contributed by atoms with van der Waals surface area (Å²) >= 11 is 0. The van der Waals surface area contributed by atoms with Crippen LogP contribution in [0.4, 0.5) is 5.82 Å². The number of unbranched alkanes of at least 4 members (excludes halogenated alkanes) is 1. The molecule has 0 amide bonds. The molecule has 43 heavy (non-hydrogen) atoms. The minimum atomic E-state index is -3.93. The molecular weight excluding hydrogens is 560 g/mol. The fourth-order valence-corrected chi connectivity index (χ4v) is 6.36. The van der Waals surface area contributed by atoms with E-state index in [1.165, 1.54) is 0 Å². The highest BCUT2D eigenvalue weighted by Crippen LogP contribution is 2.33. The molecule has 1 N–H and O–H groups in total. The molecule has 0 bridgehead atoms. The highest BCUT2D eigenvalue weighted by molar-refractivity contribution is 7.92. The number of benzene rings is 2. The maximum atomic E-state index is 13.6. The van der Waals surface area contributed by atoms with Gasteiger partial charge < -0.3 is 9.09 Å². The monoisotopic (exact) mass is 598 g/mol. The minimum Gasteiger partial charge on any atom is -0.359 e. The van der Waals surface area contributed by atoms with Crippen LogP contribution in [0, 0.1) is 20.8 Å². The average Bonchev–Trinajstić information content (AvgIpc) is 3.54. The topological polar surface area (TPSA) is 116 Å². The van der Waals surface area contributed by atoms with Gasteiger partial charge in [0.15, 0.2) is 5.82 Å². The van der Waals surface area contributed by atoms with Gasteiger partial charge in [-0.15, -0.1) is 5.10 Å². The molecule has 0 saturated carbocycles. The maximum Gasteiger partial charge on any atom is 0.263 e. The second-order valence-corrected chi connectivity index (χ2v) is 12.5. The first-order valence-corrected chi connectivity index (χ1v) is 16.2. The van der Waals surface area contributed by atoms with Gasteiger partial charge in [0.1, 0.15) is 23.0 Å². The van der Waals surface area contributed by atoms with Crippen molar-refractivity contribution in [3.8, 4) is 22.5 Å². The van der Waals surface area contributed by atoms with E-state index < -0.39 is 10.0 Å². The van der Waals surface area contributed by atoms with E-state index in [1.54, 1.807) is 26.0 Å². The third-order valence-corrected chi connectivity index (χ3v) is 8.97. The van der Waals surface area contributed by atoms with Gasteiger partial charge in [0, 0.05) is 30.3 Å². The molecule has 3 heterocycles. The number of aromatic nitrogens is 5. The average molecular weight is 599 g/mol. The highest BCUT2D eigenvalue weighted by Gasteiger charge is 2.23. The Morgan fingerprint density at radius 3 is 2.40 bits per heavy atom. The predicted molar refractivity (Wildman–Crippen MR) is 168 cm³/mol. The summed E-state index contributed by atoms with van der Waals surface area (Å²) in [7, 11) is -3.93. The van der Waals surface area contributed by atoms with E-state index >= 15 is 0 Å². The second kappa shape index (κ2) is 12.9. The Morgan fingerprint density at radius 2 is 1.70 bits per heavy atom. The largest absolute Gasteiger partial charge is 0.359 e. The first kappa shape index (κ1) is 30.2. The number of rotatable bonds is 12. The molecule has 0 saturated heterocycles. The van der Waals surface area contributed by atoms with Crippen molar-refractivity contribution in [1.29, 1.82) is 0 Å². The Hall–Kier alpha value is -4.31. The normalized spacial score (nSPS) is 11.7. The fourth-order valence-electron chi connectivity index (χ4n) is 5.08. The summed E-state index contributed by atoms with van der Waals surface area (Å²) in [5, 5.41) is 12.5. The summed E-state index contributed by atoms with van der Waals surface area (Å²) in [4.78, 5) is 5.12. The SMILES string of the molecule is CCCCc1nc(-c2ccc(C)nn2)cn1Cc1ccc(-c2ccccc2S(=O)(=O)Nc2noc(C)c2C)c(CCC)c1. The zero-order valence-electron chi connectivity index (χ0n) is 25.4. The molecule has 0 aliphatic carbocycles. The van der Waals surface area contributed by atoms with Gasteiger partial charge in [0.25, 0.3) is 10.0 Å². The van der Waals surface area contributed by atoms with Crippen LogP contribution in [0.5, 0.6) is 0 Å². The number of sulfonamides is 1. The van der Waals surface area contributed by atoms with E-state index in [0.29, 0.717) is 23.4 Å². The van der Waals surface area contributed by atoms with Crippen LogP contribution in [-0.4, -0.2) is 33.3 Å². The van der Waals surface area contributed by atoms with E-state index in [-0.39, 0.29) is 10.7 Å². The van der Waals surface area contributed by atoms with Gasteiger partial charge >= 0.3 is 0 Å². The lowest BCUT2D eigenvalue weighted by Gasteiger charge is -2.16. The van der Waals surface area contributed by atoms with Crippen LogP contribution >= 0.6 is 0 Å². The van der Waals surface area contributed by atoms with Gasteiger partial charge in [-0.1, -0.05) is 68.2 Å². The molecule has 0 spiro atoms. The summed E-state index contributed by atoms with van der Waals surface area (Å²) in [6.07, 6.45) is 6.78. The molecule has 9 nitrogen and oxygen atoms in total. The zero-order valence-corrected chi connectivity index (χ0v) is 26.2. The predicted octanol–water partition coefficient (Wildman–Crippen LogP) is 7.06. The van der Waals surface area contributed by atoms with Crippen LogP contribution < -0.4 is 4.72 Å². The number of imidazole rings is 1. The molecule has 0 aliphatic heterocycles. The van der Waals surface area contributed by atoms with Crippen molar-refractivity contribution in [1.82, 2.24) is 24.9 Å². The molecule has 5 rings (SSSR count). The van der Waals surface area contributed by atoms with E-state index in [9.17, 15) is 8.42 Å². The Labute approximate surface area is 253 Å². The van der Waals surface area contributed by atoms with E-state index in [4.69, 9.17) is 9.51 Å². The second-order valence-electron chi connectivity index (χ2n) is 10.9. The van der Waals surface area contributed by atoms with Crippen molar-refractivity contribution in [2.75, 3.05) is 4.72 Å². The Kier molecular flexibility index (Phi) is 9.05. The van der Waals surface area contributed by atoms with Crippen LogP contribution in [0.3, 0.4) is 0 Å². The van der Waals surface area contributed by atoms with Crippen molar-refractivity contribution in [2.45, 2.75) is 78.2 Å². The van der Waals surface area contributed by atoms with E-state index in [2.05, 4.69) is 56.8 Å². The third-order valence-electron chi connectivity index (χ3n) is 7.57. The van der Waals surface area contributed by atoms with Crippen LogP contribution in [0.15, 0.2) is 70.2 Å². The quantitative estimate of drug-likeness (QED) is 0.163. The van der Waals surface area contributed by atoms with Gasteiger partial charge in [-0.3, -0.25) is 4.72 Å².